The molecule has 1 unspecified atom stereocenters. The van der Waals surface area contributed by atoms with Crippen LogP contribution in [-0.4, -0.2) is 44.3 Å². The summed E-state index contributed by atoms with van der Waals surface area (Å²) in [4.78, 5) is 29.7. The third-order valence-electron chi connectivity index (χ3n) is 7.21. The van der Waals surface area contributed by atoms with Crippen molar-refractivity contribution in [3.63, 3.8) is 0 Å². The first-order valence-electron chi connectivity index (χ1n) is 14.3. The number of carbonyl (C=O) groups excluding carboxylic acids is 2. The fourth-order valence-corrected chi connectivity index (χ4v) is 6.82. The van der Waals surface area contributed by atoms with Crippen LogP contribution in [0.4, 0.5) is 5.69 Å². The average Bonchev–Trinajstić information content (AvgIpc) is 3.02. The van der Waals surface area contributed by atoms with E-state index in [1.54, 1.807) is 18.2 Å². The molecular weight excluding hydrogens is 617 g/mol. The van der Waals surface area contributed by atoms with Crippen LogP contribution >= 0.6 is 23.2 Å². The Bertz CT molecular complexity index is 1690. The molecule has 0 radical (unpaired) electrons. The predicted molar refractivity (Wildman–Crippen MR) is 176 cm³/mol. The molecule has 44 heavy (non-hydrogen) atoms. The zero-order chi connectivity index (χ0) is 31.7. The summed E-state index contributed by atoms with van der Waals surface area (Å²) in [6.45, 7) is 3.81. The van der Waals surface area contributed by atoms with E-state index in [2.05, 4.69) is 5.32 Å². The number of anilines is 1. The molecule has 4 rings (SSSR count). The molecule has 0 fully saturated rings. The highest BCUT2D eigenvalue weighted by atomic mass is 35.5. The Labute approximate surface area is 269 Å². The quantitative estimate of drug-likeness (QED) is 0.175. The van der Waals surface area contributed by atoms with Gasteiger partial charge < -0.3 is 10.2 Å². The van der Waals surface area contributed by atoms with E-state index in [0.29, 0.717) is 18.0 Å². The van der Waals surface area contributed by atoms with Gasteiger partial charge in [-0.2, -0.15) is 0 Å². The number of benzene rings is 4. The number of aryl methyl sites for hydroxylation is 1. The zero-order valence-electron chi connectivity index (χ0n) is 24.6. The molecule has 1 N–H and O–H groups in total. The Morgan fingerprint density at radius 2 is 1.50 bits per heavy atom. The zero-order valence-corrected chi connectivity index (χ0v) is 26.9. The highest BCUT2D eigenvalue weighted by Gasteiger charge is 2.35. The van der Waals surface area contributed by atoms with Gasteiger partial charge in [0, 0.05) is 24.5 Å². The highest BCUT2D eigenvalue weighted by Crippen LogP contribution is 2.33. The van der Waals surface area contributed by atoms with Crippen LogP contribution in [-0.2, 0) is 32.6 Å². The lowest BCUT2D eigenvalue weighted by Gasteiger charge is -2.34. The summed E-state index contributed by atoms with van der Waals surface area (Å²) in [5.74, 6) is -0.883. The molecule has 0 aromatic heterocycles. The summed E-state index contributed by atoms with van der Waals surface area (Å²) in [6, 6.07) is 28.4. The van der Waals surface area contributed by atoms with Crippen LogP contribution in [0.25, 0.3) is 0 Å². The van der Waals surface area contributed by atoms with E-state index >= 15 is 0 Å². The molecule has 4 aromatic rings. The Kier molecular flexibility index (Phi) is 11.4. The second-order valence-corrected chi connectivity index (χ2v) is 13.1. The van der Waals surface area contributed by atoms with E-state index in [1.807, 2.05) is 68.4 Å². The van der Waals surface area contributed by atoms with Crippen molar-refractivity contribution in [1.29, 1.82) is 0 Å². The lowest BCUT2D eigenvalue weighted by molar-refractivity contribution is -0.140. The van der Waals surface area contributed by atoms with Crippen LogP contribution in [0.1, 0.15) is 30.0 Å². The number of nitrogens with zero attached hydrogens (tertiary/aromatic N) is 2. The number of hydrogen-bond donors (Lipinski definition) is 1. The van der Waals surface area contributed by atoms with Crippen LogP contribution in [0.15, 0.2) is 108 Å². The maximum absolute atomic E-state index is 14.5. The second-order valence-electron chi connectivity index (χ2n) is 10.4. The van der Waals surface area contributed by atoms with Crippen molar-refractivity contribution in [2.24, 2.45) is 0 Å². The maximum atomic E-state index is 14.5. The highest BCUT2D eigenvalue weighted by molar-refractivity contribution is 7.92. The third kappa shape index (κ3) is 8.20. The second kappa shape index (κ2) is 15.2. The SMILES string of the molecule is CCCNC(=O)C(Cc1ccccc1)N(Cc1ccccc1C)C(=O)CN(c1ccc(Cl)cc1Cl)S(=O)(=O)c1ccccc1. The van der Waals surface area contributed by atoms with Gasteiger partial charge in [-0.05, 0) is 60.4 Å². The smallest absolute Gasteiger partial charge is 0.264 e. The van der Waals surface area contributed by atoms with Crippen molar-refractivity contribution in [2.75, 3.05) is 17.4 Å². The fraction of sp³-hybridized carbons (Fsp3) is 0.235. The third-order valence-corrected chi connectivity index (χ3v) is 9.52. The standard InChI is InChI=1S/C34H35Cl2N3O4S/c1-3-20-37-34(41)32(21-26-13-6-4-7-14-26)38(23-27-15-11-10-12-25(27)2)33(40)24-39(31-19-18-28(35)22-30(31)36)44(42,43)29-16-8-5-9-17-29/h4-19,22,32H,3,20-21,23-24H2,1-2H3,(H,37,41). The van der Waals surface area contributed by atoms with Gasteiger partial charge in [0.05, 0.1) is 15.6 Å². The van der Waals surface area contributed by atoms with Crippen molar-refractivity contribution >= 4 is 50.7 Å². The van der Waals surface area contributed by atoms with Gasteiger partial charge in [-0.3, -0.25) is 13.9 Å². The number of carbonyl (C=O) groups is 2. The molecule has 1 atom stereocenters. The maximum Gasteiger partial charge on any atom is 0.264 e. The molecular formula is C34H35Cl2N3O4S. The van der Waals surface area contributed by atoms with Crippen LogP contribution < -0.4 is 9.62 Å². The monoisotopic (exact) mass is 651 g/mol. The normalized spacial score (nSPS) is 11.9. The van der Waals surface area contributed by atoms with Gasteiger partial charge in [-0.25, -0.2) is 8.42 Å². The molecule has 4 aromatic carbocycles. The van der Waals surface area contributed by atoms with Gasteiger partial charge in [-0.1, -0.05) is 103 Å². The van der Waals surface area contributed by atoms with Crippen molar-refractivity contribution in [1.82, 2.24) is 10.2 Å². The summed E-state index contributed by atoms with van der Waals surface area (Å²) in [5.41, 5.74) is 2.73. The van der Waals surface area contributed by atoms with E-state index in [4.69, 9.17) is 23.2 Å². The molecule has 2 amide bonds. The summed E-state index contributed by atoms with van der Waals surface area (Å²) >= 11 is 12.7. The van der Waals surface area contributed by atoms with Gasteiger partial charge in [-0.15, -0.1) is 0 Å². The van der Waals surface area contributed by atoms with Crippen LogP contribution in [0.5, 0.6) is 0 Å². The molecule has 7 nitrogen and oxygen atoms in total. The average molecular weight is 653 g/mol. The lowest BCUT2D eigenvalue weighted by Crippen LogP contribution is -2.53. The molecule has 0 saturated heterocycles. The number of sulfonamides is 1. The number of halogens is 2. The van der Waals surface area contributed by atoms with E-state index in [0.717, 1.165) is 21.0 Å². The molecule has 230 valence electrons. The minimum Gasteiger partial charge on any atom is -0.354 e. The van der Waals surface area contributed by atoms with E-state index in [-0.39, 0.29) is 34.5 Å². The minimum absolute atomic E-state index is 0.00852. The van der Waals surface area contributed by atoms with Gasteiger partial charge in [0.25, 0.3) is 10.0 Å². The fourth-order valence-electron chi connectivity index (χ4n) is 4.81. The van der Waals surface area contributed by atoms with Gasteiger partial charge in [0.2, 0.25) is 11.8 Å². The summed E-state index contributed by atoms with van der Waals surface area (Å²) < 4.78 is 29.1. The van der Waals surface area contributed by atoms with Crippen LogP contribution in [0.3, 0.4) is 0 Å². The molecule has 0 heterocycles. The van der Waals surface area contributed by atoms with Gasteiger partial charge >= 0.3 is 0 Å². The first-order valence-corrected chi connectivity index (χ1v) is 16.5. The molecule has 0 aliphatic heterocycles. The summed E-state index contributed by atoms with van der Waals surface area (Å²) in [7, 11) is -4.26. The van der Waals surface area contributed by atoms with E-state index < -0.39 is 28.5 Å². The number of nitrogens with one attached hydrogen (secondary N) is 1. The van der Waals surface area contributed by atoms with Gasteiger partial charge in [0.1, 0.15) is 12.6 Å². The van der Waals surface area contributed by atoms with E-state index in [9.17, 15) is 18.0 Å². The molecule has 0 aliphatic carbocycles. The van der Waals surface area contributed by atoms with E-state index in [1.165, 1.54) is 35.2 Å². The predicted octanol–water partition coefficient (Wildman–Crippen LogP) is 6.66. The molecule has 0 spiro atoms. The number of rotatable bonds is 13. The lowest BCUT2D eigenvalue weighted by atomic mass is 10.0. The van der Waals surface area contributed by atoms with Crippen LogP contribution in [0.2, 0.25) is 10.0 Å². The Morgan fingerprint density at radius 3 is 2.14 bits per heavy atom. The molecule has 0 saturated carbocycles. The first-order chi connectivity index (χ1) is 21.1. The molecule has 10 heteroatoms. The topological polar surface area (TPSA) is 86.8 Å². The van der Waals surface area contributed by atoms with Crippen LogP contribution in [0, 0.1) is 6.92 Å². The van der Waals surface area contributed by atoms with Crippen molar-refractivity contribution in [2.45, 2.75) is 44.2 Å². The van der Waals surface area contributed by atoms with Crippen molar-refractivity contribution < 1.29 is 18.0 Å². The molecule has 0 bridgehead atoms. The Hall–Kier alpha value is -3.85. The molecule has 0 aliphatic rings. The number of hydrogen-bond acceptors (Lipinski definition) is 4. The first kappa shape index (κ1) is 33.1. The number of amides is 2. The largest absolute Gasteiger partial charge is 0.354 e. The Morgan fingerprint density at radius 1 is 0.864 bits per heavy atom. The summed E-state index contributed by atoms with van der Waals surface area (Å²) in [5, 5.41) is 3.33. The summed E-state index contributed by atoms with van der Waals surface area (Å²) in [6.07, 6.45) is 0.953. The van der Waals surface area contributed by atoms with Crippen molar-refractivity contribution in [3.8, 4) is 0 Å². The Balaban J connectivity index is 1.82. The minimum atomic E-state index is -4.26. The van der Waals surface area contributed by atoms with Crippen molar-refractivity contribution in [3.05, 3.63) is 130 Å². The van der Waals surface area contributed by atoms with Gasteiger partial charge in [0.15, 0.2) is 0 Å².